The van der Waals surface area contributed by atoms with Gasteiger partial charge < -0.3 is 10.5 Å². The number of ether oxygens (including phenoxy) is 1. The van der Waals surface area contributed by atoms with Gasteiger partial charge in [-0.15, -0.1) is 0 Å². The van der Waals surface area contributed by atoms with Crippen molar-refractivity contribution in [1.82, 2.24) is 4.98 Å². The third-order valence-electron chi connectivity index (χ3n) is 2.13. The van der Waals surface area contributed by atoms with Crippen molar-refractivity contribution in [1.29, 1.82) is 5.41 Å². The Balaban J connectivity index is 2.23. The molecule has 6 heteroatoms. The van der Waals surface area contributed by atoms with Crippen LogP contribution in [0.4, 0.5) is 0 Å². The number of benzene rings is 1. The number of pyridine rings is 1. The molecule has 4 nitrogen and oxygen atoms in total. The molecule has 2 aromatic rings. The summed E-state index contributed by atoms with van der Waals surface area (Å²) in [6.07, 6.45) is 1.49. The second-order valence-corrected chi connectivity index (χ2v) is 4.79. The molecule has 1 heterocycles. The summed E-state index contributed by atoms with van der Waals surface area (Å²) in [7, 11) is 0. The first-order valence-corrected chi connectivity index (χ1v) is 6.17. The number of amidine groups is 1. The molecule has 0 bridgehead atoms. The molecule has 2 rings (SSSR count). The van der Waals surface area contributed by atoms with Gasteiger partial charge in [0, 0.05) is 4.47 Å². The first-order chi connectivity index (χ1) is 8.56. The van der Waals surface area contributed by atoms with Crippen molar-refractivity contribution in [3.05, 3.63) is 51.7 Å². The third kappa shape index (κ3) is 3.00. The van der Waals surface area contributed by atoms with E-state index in [-0.39, 0.29) is 5.84 Å². The largest absolute Gasteiger partial charge is 0.454 e. The Morgan fingerprint density at radius 3 is 2.72 bits per heavy atom. The summed E-state index contributed by atoms with van der Waals surface area (Å²) in [6.45, 7) is 0. The zero-order valence-electron chi connectivity index (χ0n) is 9.15. The lowest BCUT2D eigenvalue weighted by Crippen LogP contribution is -2.12. The van der Waals surface area contributed by atoms with Crippen molar-refractivity contribution in [3.63, 3.8) is 0 Å². The van der Waals surface area contributed by atoms with Crippen LogP contribution < -0.4 is 10.5 Å². The fraction of sp³-hybridized carbons (Fsp3) is 0. The van der Waals surface area contributed by atoms with E-state index in [1.807, 2.05) is 6.07 Å². The van der Waals surface area contributed by atoms with E-state index in [0.717, 1.165) is 4.47 Å². The molecule has 1 aromatic heterocycles. The van der Waals surface area contributed by atoms with Crippen molar-refractivity contribution in [2.24, 2.45) is 5.73 Å². The van der Waals surface area contributed by atoms with Crippen LogP contribution >= 0.6 is 27.5 Å². The van der Waals surface area contributed by atoms with Crippen LogP contribution in [0, 0.1) is 5.41 Å². The maximum atomic E-state index is 7.24. The fourth-order valence-electron chi connectivity index (χ4n) is 1.28. The monoisotopic (exact) mass is 325 g/mol. The Hall–Kier alpha value is -1.59. The van der Waals surface area contributed by atoms with E-state index >= 15 is 0 Å². The zero-order chi connectivity index (χ0) is 13.1. The number of halogens is 2. The molecule has 0 spiro atoms. The van der Waals surface area contributed by atoms with Gasteiger partial charge in [0.05, 0.1) is 11.2 Å². The summed E-state index contributed by atoms with van der Waals surface area (Å²) in [6, 6.07) is 8.62. The average molecular weight is 327 g/mol. The van der Waals surface area contributed by atoms with Gasteiger partial charge in [0.1, 0.15) is 23.0 Å². The van der Waals surface area contributed by atoms with E-state index < -0.39 is 0 Å². The van der Waals surface area contributed by atoms with Gasteiger partial charge in [-0.2, -0.15) is 0 Å². The number of nitrogens with zero attached hydrogens (tertiary/aromatic N) is 1. The second kappa shape index (κ2) is 5.37. The lowest BCUT2D eigenvalue weighted by atomic mass is 10.3. The van der Waals surface area contributed by atoms with Crippen LogP contribution in [0.25, 0.3) is 0 Å². The topological polar surface area (TPSA) is 72.0 Å². The number of nitrogens with two attached hydrogens (primary N) is 1. The maximum Gasteiger partial charge on any atom is 0.147 e. The summed E-state index contributed by atoms with van der Waals surface area (Å²) < 4.78 is 6.46. The highest BCUT2D eigenvalue weighted by molar-refractivity contribution is 9.10. The number of nitrogens with one attached hydrogen (secondary N) is 1. The molecular formula is C12H9BrClN3O. The molecule has 0 unspecified atom stereocenters. The number of hydrogen-bond donors (Lipinski definition) is 2. The van der Waals surface area contributed by atoms with Crippen molar-refractivity contribution in [2.75, 3.05) is 0 Å². The van der Waals surface area contributed by atoms with E-state index in [9.17, 15) is 0 Å². The lowest BCUT2D eigenvalue weighted by molar-refractivity contribution is 0.480. The molecule has 0 atom stereocenters. The minimum atomic E-state index is -0.0814. The molecule has 0 saturated heterocycles. The lowest BCUT2D eigenvalue weighted by Gasteiger charge is -2.08. The quantitative estimate of drug-likeness (QED) is 0.669. The minimum absolute atomic E-state index is 0.0814. The van der Waals surface area contributed by atoms with Gasteiger partial charge in [0.15, 0.2) is 0 Å². The Kier molecular flexibility index (Phi) is 3.84. The molecular weight excluding hydrogens is 318 g/mol. The van der Waals surface area contributed by atoms with Crippen molar-refractivity contribution >= 4 is 33.4 Å². The zero-order valence-corrected chi connectivity index (χ0v) is 11.5. The SMILES string of the molecule is N=C(N)c1ccc(Oc2cc(Br)ccc2Cl)cn1. The molecule has 1 aromatic carbocycles. The van der Waals surface area contributed by atoms with E-state index in [0.29, 0.717) is 22.2 Å². The molecule has 0 saturated carbocycles. The Morgan fingerprint density at radius 1 is 1.33 bits per heavy atom. The predicted molar refractivity (Wildman–Crippen MR) is 74.5 cm³/mol. The number of rotatable bonds is 3. The van der Waals surface area contributed by atoms with Gasteiger partial charge in [-0.3, -0.25) is 5.41 Å². The van der Waals surface area contributed by atoms with Gasteiger partial charge in [-0.25, -0.2) is 4.98 Å². The molecule has 0 aliphatic heterocycles. The van der Waals surface area contributed by atoms with Gasteiger partial charge >= 0.3 is 0 Å². The van der Waals surface area contributed by atoms with E-state index in [4.69, 9.17) is 27.5 Å². The summed E-state index contributed by atoms with van der Waals surface area (Å²) in [4.78, 5) is 4.00. The summed E-state index contributed by atoms with van der Waals surface area (Å²) in [5.41, 5.74) is 5.72. The normalized spacial score (nSPS) is 10.1. The van der Waals surface area contributed by atoms with Gasteiger partial charge in [0.25, 0.3) is 0 Å². The van der Waals surface area contributed by atoms with Crippen LogP contribution in [0.3, 0.4) is 0 Å². The number of hydrogen-bond acceptors (Lipinski definition) is 3. The van der Waals surface area contributed by atoms with Crippen LogP contribution in [0.15, 0.2) is 41.0 Å². The number of nitrogen functional groups attached to an aromatic ring is 1. The van der Waals surface area contributed by atoms with Crippen molar-refractivity contribution in [3.8, 4) is 11.5 Å². The smallest absolute Gasteiger partial charge is 0.147 e. The molecule has 0 amide bonds. The average Bonchev–Trinajstić information content (AvgIpc) is 2.34. The van der Waals surface area contributed by atoms with Crippen molar-refractivity contribution < 1.29 is 4.74 Å². The summed E-state index contributed by atoms with van der Waals surface area (Å²) >= 11 is 9.35. The standard InChI is InChI=1S/C12H9BrClN3O/c13-7-1-3-9(14)11(5-7)18-8-2-4-10(12(15)16)17-6-8/h1-6H,(H3,15,16). The third-order valence-corrected chi connectivity index (χ3v) is 2.94. The second-order valence-electron chi connectivity index (χ2n) is 3.47. The molecule has 0 aliphatic rings. The van der Waals surface area contributed by atoms with Crippen LogP contribution in [0.5, 0.6) is 11.5 Å². The molecule has 92 valence electrons. The Labute approximate surface area is 117 Å². The van der Waals surface area contributed by atoms with Gasteiger partial charge in [-0.05, 0) is 30.3 Å². The molecule has 18 heavy (non-hydrogen) atoms. The van der Waals surface area contributed by atoms with Gasteiger partial charge in [0.2, 0.25) is 0 Å². The summed E-state index contributed by atoms with van der Waals surface area (Å²) in [5, 5.41) is 7.74. The Bertz CT molecular complexity index is 586. The predicted octanol–water partition coefficient (Wildman–Crippen LogP) is 3.57. The highest BCUT2D eigenvalue weighted by Crippen LogP contribution is 2.31. The first kappa shape index (κ1) is 12.9. The molecule has 3 N–H and O–H groups in total. The molecule has 0 aliphatic carbocycles. The highest BCUT2D eigenvalue weighted by atomic mass is 79.9. The van der Waals surface area contributed by atoms with Crippen LogP contribution in [0.1, 0.15) is 5.69 Å². The van der Waals surface area contributed by atoms with E-state index in [1.165, 1.54) is 6.20 Å². The highest BCUT2D eigenvalue weighted by Gasteiger charge is 2.05. The summed E-state index contributed by atoms with van der Waals surface area (Å²) in [5.74, 6) is 0.977. The molecule has 0 fully saturated rings. The fourth-order valence-corrected chi connectivity index (χ4v) is 1.78. The van der Waals surface area contributed by atoms with Crippen molar-refractivity contribution in [2.45, 2.75) is 0 Å². The van der Waals surface area contributed by atoms with Gasteiger partial charge in [-0.1, -0.05) is 27.5 Å². The molecule has 0 radical (unpaired) electrons. The van der Waals surface area contributed by atoms with Crippen LogP contribution in [0.2, 0.25) is 5.02 Å². The van der Waals surface area contributed by atoms with E-state index in [1.54, 1.807) is 24.3 Å². The minimum Gasteiger partial charge on any atom is -0.454 e. The van der Waals surface area contributed by atoms with Crippen LogP contribution in [-0.2, 0) is 0 Å². The Morgan fingerprint density at radius 2 is 2.11 bits per heavy atom. The van der Waals surface area contributed by atoms with Crippen LogP contribution in [-0.4, -0.2) is 10.8 Å². The first-order valence-electron chi connectivity index (χ1n) is 4.99. The maximum absolute atomic E-state index is 7.24. The van der Waals surface area contributed by atoms with E-state index in [2.05, 4.69) is 20.9 Å². The number of aromatic nitrogens is 1.